The van der Waals surface area contributed by atoms with E-state index in [4.69, 9.17) is 28.4 Å². The highest BCUT2D eigenvalue weighted by Gasteiger charge is 2.51. The highest BCUT2D eigenvalue weighted by molar-refractivity contribution is 5.88. The van der Waals surface area contributed by atoms with Crippen LogP contribution in [0.3, 0.4) is 0 Å². The number of aliphatic hydroxyl groups excluding tert-OH is 2. The second kappa shape index (κ2) is 11.8. The van der Waals surface area contributed by atoms with Crippen LogP contribution in [0.15, 0.2) is 42.5 Å². The fourth-order valence-corrected chi connectivity index (χ4v) is 5.28. The predicted molar refractivity (Wildman–Crippen MR) is 147 cm³/mol. The summed E-state index contributed by atoms with van der Waals surface area (Å²) in [6.07, 6.45) is -0.528. The zero-order chi connectivity index (χ0) is 29.1. The van der Waals surface area contributed by atoms with Gasteiger partial charge in [0.2, 0.25) is 11.5 Å². The molecule has 0 spiro atoms. The normalized spacial score (nSPS) is 19.9. The summed E-state index contributed by atoms with van der Waals surface area (Å²) < 4.78 is 34.9. The van der Waals surface area contributed by atoms with E-state index in [2.05, 4.69) is 0 Å². The molecule has 1 aliphatic rings. The second-order valence-electron chi connectivity index (χ2n) is 9.66. The lowest BCUT2D eigenvalue weighted by molar-refractivity contribution is -0.188. The molecule has 10 nitrogen and oxygen atoms in total. The first kappa shape index (κ1) is 29.3. The second-order valence-corrected chi connectivity index (χ2v) is 9.66. The van der Waals surface area contributed by atoms with Gasteiger partial charge in [0.05, 0.1) is 48.8 Å². The maximum Gasteiger partial charge on any atom is 0.204 e. The summed E-state index contributed by atoms with van der Waals surface area (Å²) in [4.78, 5) is 0. The summed E-state index contributed by atoms with van der Waals surface area (Å²) in [5, 5.41) is 43.8. The SMILES string of the molecule is COc1cc2c(c(OC)c1OC)-c1c(cc(OC)c(OCc3ccccc3)c1OC)C[C@@](O)(CO)[C@@](O)(CO)C2. The maximum atomic E-state index is 11.6. The fraction of sp³-hybridized carbons (Fsp3) is 0.400. The Hall–Kier alpha value is -3.70. The molecule has 4 rings (SSSR count). The summed E-state index contributed by atoms with van der Waals surface area (Å²) in [6.45, 7) is -1.45. The zero-order valence-electron chi connectivity index (χ0n) is 23.3. The number of ether oxygens (including phenoxy) is 6. The highest BCUT2D eigenvalue weighted by Crippen LogP contribution is 2.56. The van der Waals surface area contributed by atoms with Crippen LogP contribution >= 0.6 is 0 Å². The van der Waals surface area contributed by atoms with Crippen LogP contribution in [0.4, 0.5) is 0 Å². The molecule has 0 bridgehead atoms. The maximum absolute atomic E-state index is 11.6. The summed E-state index contributed by atoms with van der Waals surface area (Å²) >= 11 is 0. The zero-order valence-corrected chi connectivity index (χ0v) is 23.3. The third-order valence-corrected chi connectivity index (χ3v) is 7.45. The van der Waals surface area contributed by atoms with Crippen LogP contribution in [0, 0.1) is 0 Å². The minimum Gasteiger partial charge on any atom is -0.493 e. The van der Waals surface area contributed by atoms with E-state index in [1.165, 1.54) is 35.5 Å². The third-order valence-electron chi connectivity index (χ3n) is 7.45. The van der Waals surface area contributed by atoms with Crippen molar-refractivity contribution >= 4 is 0 Å². The van der Waals surface area contributed by atoms with E-state index in [1.54, 1.807) is 12.1 Å². The molecule has 0 fully saturated rings. The van der Waals surface area contributed by atoms with Gasteiger partial charge in [-0.3, -0.25) is 0 Å². The number of fused-ring (bicyclic) bond motifs is 3. The monoisotopic (exact) mass is 556 g/mol. The topological polar surface area (TPSA) is 136 Å². The van der Waals surface area contributed by atoms with Gasteiger partial charge in [-0.2, -0.15) is 0 Å². The minimum atomic E-state index is -2.14. The molecular weight excluding hydrogens is 520 g/mol. The number of hydrogen-bond donors (Lipinski definition) is 4. The van der Waals surface area contributed by atoms with E-state index < -0.39 is 24.4 Å². The number of hydrogen-bond acceptors (Lipinski definition) is 10. The molecule has 1 aliphatic carbocycles. The lowest BCUT2D eigenvalue weighted by Crippen LogP contribution is -2.62. The largest absolute Gasteiger partial charge is 0.493 e. The predicted octanol–water partition coefficient (Wildman–Crippen LogP) is 2.52. The van der Waals surface area contributed by atoms with Crippen LogP contribution in [-0.4, -0.2) is 80.4 Å². The van der Waals surface area contributed by atoms with Gasteiger partial charge >= 0.3 is 0 Å². The van der Waals surface area contributed by atoms with Gasteiger partial charge in [0.15, 0.2) is 23.0 Å². The van der Waals surface area contributed by atoms with Gasteiger partial charge in [-0.1, -0.05) is 30.3 Å². The molecule has 0 saturated carbocycles. The van der Waals surface area contributed by atoms with E-state index in [0.717, 1.165) is 5.56 Å². The van der Waals surface area contributed by atoms with Crippen LogP contribution in [0.1, 0.15) is 16.7 Å². The third kappa shape index (κ3) is 4.88. The van der Waals surface area contributed by atoms with Crippen LogP contribution in [0.2, 0.25) is 0 Å². The van der Waals surface area contributed by atoms with Gasteiger partial charge in [0.1, 0.15) is 17.8 Å². The lowest BCUT2D eigenvalue weighted by atomic mass is 9.71. The first-order chi connectivity index (χ1) is 19.2. The van der Waals surface area contributed by atoms with Crippen molar-refractivity contribution in [1.29, 1.82) is 0 Å². The summed E-state index contributed by atoms with van der Waals surface area (Å²) in [6, 6.07) is 12.9. The molecule has 4 N–H and O–H groups in total. The van der Waals surface area contributed by atoms with E-state index in [-0.39, 0.29) is 30.9 Å². The Kier molecular flexibility index (Phi) is 8.65. The van der Waals surface area contributed by atoms with Crippen molar-refractivity contribution in [3.63, 3.8) is 0 Å². The molecule has 0 aliphatic heterocycles. The van der Waals surface area contributed by atoms with Gasteiger partial charge in [-0.05, 0) is 28.8 Å². The standard InChI is InChI=1S/C30H36O10/c1-35-21-11-19-13-29(33,16-31)30(34,17-32)14-20-12-22(36-2)26(40-15-18-9-7-6-8-10-18)28(39-5)24(20)23(19)27(38-4)25(21)37-3/h6-12,31-34H,13-17H2,1-5H3/t29-,30+/m0/s1. The van der Waals surface area contributed by atoms with Crippen molar-refractivity contribution in [3.05, 3.63) is 59.2 Å². The Morgan fingerprint density at radius 2 is 1.07 bits per heavy atom. The Bertz CT molecular complexity index is 1340. The molecule has 0 heterocycles. The molecular formula is C30H36O10. The molecule has 3 aromatic rings. The Morgan fingerprint density at radius 1 is 0.625 bits per heavy atom. The van der Waals surface area contributed by atoms with Crippen molar-refractivity contribution < 1.29 is 48.8 Å². The van der Waals surface area contributed by atoms with Gasteiger partial charge in [-0.15, -0.1) is 0 Å². The van der Waals surface area contributed by atoms with Crippen LogP contribution in [0.25, 0.3) is 11.1 Å². The smallest absolute Gasteiger partial charge is 0.204 e. The molecule has 0 amide bonds. The summed E-state index contributed by atoms with van der Waals surface area (Å²) in [5.74, 6) is 1.78. The van der Waals surface area contributed by atoms with E-state index in [1.807, 2.05) is 30.3 Å². The van der Waals surface area contributed by atoms with Gasteiger partial charge < -0.3 is 48.8 Å². The molecule has 0 saturated heterocycles. The molecule has 10 heteroatoms. The van der Waals surface area contributed by atoms with E-state index in [9.17, 15) is 20.4 Å². The quantitative estimate of drug-likeness (QED) is 0.295. The Morgan fingerprint density at radius 3 is 1.50 bits per heavy atom. The van der Waals surface area contributed by atoms with Crippen molar-refractivity contribution in [3.8, 4) is 45.6 Å². The first-order valence-electron chi connectivity index (χ1n) is 12.7. The van der Waals surface area contributed by atoms with Gasteiger partial charge in [-0.25, -0.2) is 0 Å². The van der Waals surface area contributed by atoms with Crippen molar-refractivity contribution in [2.45, 2.75) is 30.7 Å². The first-order valence-corrected chi connectivity index (χ1v) is 12.7. The summed E-state index contributed by atoms with van der Waals surface area (Å²) in [7, 11) is 7.37. The van der Waals surface area contributed by atoms with Crippen molar-refractivity contribution in [1.82, 2.24) is 0 Å². The summed E-state index contributed by atoms with van der Waals surface area (Å²) in [5.41, 5.74) is -1.52. The van der Waals surface area contributed by atoms with Crippen molar-refractivity contribution in [2.75, 3.05) is 48.8 Å². The molecule has 0 unspecified atom stereocenters. The van der Waals surface area contributed by atoms with Crippen LogP contribution in [-0.2, 0) is 19.4 Å². The molecule has 2 atom stereocenters. The number of aliphatic hydroxyl groups is 4. The lowest BCUT2D eigenvalue weighted by Gasteiger charge is -2.44. The molecule has 216 valence electrons. The Labute approximate surface area is 233 Å². The minimum absolute atomic E-state index is 0.215. The van der Waals surface area contributed by atoms with Crippen molar-refractivity contribution in [2.24, 2.45) is 0 Å². The van der Waals surface area contributed by atoms with Gasteiger partial charge in [0.25, 0.3) is 0 Å². The average Bonchev–Trinajstić information content (AvgIpc) is 2.98. The van der Waals surface area contributed by atoms with E-state index >= 15 is 0 Å². The molecule has 0 aromatic heterocycles. The molecule has 40 heavy (non-hydrogen) atoms. The average molecular weight is 557 g/mol. The van der Waals surface area contributed by atoms with Gasteiger partial charge in [0, 0.05) is 24.0 Å². The van der Waals surface area contributed by atoms with Crippen LogP contribution in [0.5, 0.6) is 34.5 Å². The number of methoxy groups -OCH3 is 5. The fourth-order valence-electron chi connectivity index (χ4n) is 5.28. The number of rotatable bonds is 10. The molecule has 3 aromatic carbocycles. The Balaban J connectivity index is 2.10. The molecule has 0 radical (unpaired) electrons. The van der Waals surface area contributed by atoms with E-state index in [0.29, 0.717) is 45.3 Å². The number of benzene rings is 3. The highest BCUT2D eigenvalue weighted by atomic mass is 16.5. The van der Waals surface area contributed by atoms with Crippen LogP contribution < -0.4 is 28.4 Å².